The number of ether oxygens (including phenoxy) is 1. The highest BCUT2D eigenvalue weighted by Gasteiger charge is 2.01. The van der Waals surface area contributed by atoms with E-state index < -0.39 is 0 Å². The molecule has 0 spiro atoms. The fraction of sp³-hybridized carbons (Fsp3) is 0.417. The van der Waals surface area contributed by atoms with Gasteiger partial charge in [0.25, 0.3) is 0 Å². The molecule has 1 aromatic carbocycles. The number of rotatable bonds is 6. The molecule has 86 valence electrons. The second-order valence-electron chi connectivity index (χ2n) is 3.28. The standard InChI is InChI=1S/C12H15ClN2O/c1-2-16-7-3-6-15-12-5-4-11(13)8-10(12)9-14/h4-5,8,15H,2-3,6-7H2,1H3. The van der Waals surface area contributed by atoms with Crippen LogP contribution < -0.4 is 5.32 Å². The summed E-state index contributed by atoms with van der Waals surface area (Å²) < 4.78 is 5.22. The van der Waals surface area contributed by atoms with E-state index in [1.807, 2.05) is 13.0 Å². The summed E-state index contributed by atoms with van der Waals surface area (Å²) >= 11 is 5.80. The van der Waals surface area contributed by atoms with E-state index in [0.717, 1.165) is 31.9 Å². The maximum atomic E-state index is 8.91. The van der Waals surface area contributed by atoms with E-state index in [0.29, 0.717) is 10.6 Å². The van der Waals surface area contributed by atoms with Crippen molar-refractivity contribution in [3.8, 4) is 6.07 Å². The number of anilines is 1. The average Bonchev–Trinajstić information content (AvgIpc) is 2.30. The first-order chi connectivity index (χ1) is 7.77. The first-order valence-electron chi connectivity index (χ1n) is 5.29. The van der Waals surface area contributed by atoms with Gasteiger partial charge in [-0.05, 0) is 31.5 Å². The van der Waals surface area contributed by atoms with Gasteiger partial charge in [0, 0.05) is 24.8 Å². The fourth-order valence-corrected chi connectivity index (χ4v) is 1.48. The minimum absolute atomic E-state index is 0.573. The Balaban J connectivity index is 2.45. The smallest absolute Gasteiger partial charge is 0.101 e. The molecular formula is C12H15ClN2O. The summed E-state index contributed by atoms with van der Waals surface area (Å²) in [5.41, 5.74) is 1.40. The van der Waals surface area contributed by atoms with Crippen molar-refractivity contribution in [3.05, 3.63) is 28.8 Å². The molecule has 0 unspecified atom stereocenters. The van der Waals surface area contributed by atoms with Gasteiger partial charge in [0.2, 0.25) is 0 Å². The minimum atomic E-state index is 0.573. The van der Waals surface area contributed by atoms with Crippen molar-refractivity contribution < 1.29 is 4.74 Å². The molecule has 4 heteroatoms. The Hall–Kier alpha value is -1.24. The average molecular weight is 239 g/mol. The van der Waals surface area contributed by atoms with Crippen LogP contribution in [0.15, 0.2) is 18.2 Å². The zero-order valence-corrected chi connectivity index (χ0v) is 10.0. The second kappa shape index (κ2) is 7.10. The van der Waals surface area contributed by atoms with Crippen LogP contribution in [0.2, 0.25) is 5.02 Å². The Morgan fingerprint density at radius 1 is 1.50 bits per heavy atom. The lowest BCUT2D eigenvalue weighted by Crippen LogP contribution is -2.06. The molecule has 1 N–H and O–H groups in total. The minimum Gasteiger partial charge on any atom is -0.384 e. The largest absolute Gasteiger partial charge is 0.384 e. The monoisotopic (exact) mass is 238 g/mol. The molecule has 1 rings (SSSR count). The summed E-state index contributed by atoms with van der Waals surface area (Å²) in [5, 5.41) is 12.7. The predicted molar refractivity (Wildman–Crippen MR) is 65.8 cm³/mol. The van der Waals surface area contributed by atoms with Crippen molar-refractivity contribution in [1.29, 1.82) is 5.26 Å². The van der Waals surface area contributed by atoms with Crippen molar-refractivity contribution in [2.75, 3.05) is 25.1 Å². The number of hydrogen-bond acceptors (Lipinski definition) is 3. The van der Waals surface area contributed by atoms with Crippen LogP contribution in [0.4, 0.5) is 5.69 Å². The maximum absolute atomic E-state index is 8.91. The van der Waals surface area contributed by atoms with Gasteiger partial charge in [0.15, 0.2) is 0 Å². The molecule has 0 atom stereocenters. The van der Waals surface area contributed by atoms with E-state index in [1.54, 1.807) is 12.1 Å². The normalized spacial score (nSPS) is 9.81. The van der Waals surface area contributed by atoms with Crippen molar-refractivity contribution in [3.63, 3.8) is 0 Å². The van der Waals surface area contributed by atoms with E-state index in [-0.39, 0.29) is 0 Å². The fourth-order valence-electron chi connectivity index (χ4n) is 1.30. The summed E-state index contributed by atoms with van der Waals surface area (Å²) in [6, 6.07) is 7.36. The summed E-state index contributed by atoms with van der Waals surface area (Å²) in [6.45, 7) is 4.24. The third-order valence-corrected chi connectivity index (χ3v) is 2.32. The van der Waals surface area contributed by atoms with Gasteiger partial charge in [0.1, 0.15) is 6.07 Å². The Bertz CT molecular complexity index is 374. The van der Waals surface area contributed by atoms with Gasteiger partial charge in [-0.2, -0.15) is 5.26 Å². The maximum Gasteiger partial charge on any atom is 0.101 e. The number of nitrogens with one attached hydrogen (secondary N) is 1. The van der Waals surface area contributed by atoms with Gasteiger partial charge in [-0.1, -0.05) is 11.6 Å². The highest BCUT2D eigenvalue weighted by Crippen LogP contribution is 2.19. The molecule has 0 aliphatic carbocycles. The molecule has 0 aliphatic heterocycles. The Kier molecular flexibility index (Phi) is 5.69. The van der Waals surface area contributed by atoms with Gasteiger partial charge >= 0.3 is 0 Å². The van der Waals surface area contributed by atoms with Crippen LogP contribution in [-0.4, -0.2) is 19.8 Å². The predicted octanol–water partition coefficient (Wildman–Crippen LogP) is 3.05. The molecule has 0 heterocycles. The zero-order valence-electron chi connectivity index (χ0n) is 9.29. The van der Waals surface area contributed by atoms with Crippen molar-refractivity contribution in [2.45, 2.75) is 13.3 Å². The van der Waals surface area contributed by atoms with E-state index in [1.165, 1.54) is 0 Å². The number of nitrogens with zero attached hydrogens (tertiary/aromatic N) is 1. The number of benzene rings is 1. The molecule has 0 bridgehead atoms. The van der Waals surface area contributed by atoms with Crippen LogP contribution in [-0.2, 0) is 4.74 Å². The van der Waals surface area contributed by atoms with Crippen LogP contribution in [0.3, 0.4) is 0 Å². The van der Waals surface area contributed by atoms with Gasteiger partial charge in [0.05, 0.1) is 11.3 Å². The second-order valence-corrected chi connectivity index (χ2v) is 3.72. The molecule has 16 heavy (non-hydrogen) atoms. The zero-order chi connectivity index (χ0) is 11.8. The molecule has 0 aromatic heterocycles. The lowest BCUT2D eigenvalue weighted by molar-refractivity contribution is 0.147. The molecule has 0 fully saturated rings. The highest BCUT2D eigenvalue weighted by atomic mass is 35.5. The van der Waals surface area contributed by atoms with Gasteiger partial charge < -0.3 is 10.1 Å². The molecule has 0 saturated carbocycles. The number of hydrogen-bond donors (Lipinski definition) is 1. The van der Waals surface area contributed by atoms with Crippen LogP contribution >= 0.6 is 11.6 Å². The van der Waals surface area contributed by atoms with Crippen LogP contribution in [0.25, 0.3) is 0 Å². The summed E-state index contributed by atoms with van der Waals surface area (Å²) in [6.07, 6.45) is 0.918. The SMILES string of the molecule is CCOCCCNc1ccc(Cl)cc1C#N. The molecule has 0 radical (unpaired) electrons. The summed E-state index contributed by atoms with van der Waals surface area (Å²) in [4.78, 5) is 0. The van der Waals surface area contributed by atoms with E-state index in [2.05, 4.69) is 11.4 Å². The number of halogens is 1. The number of nitriles is 1. The molecular weight excluding hydrogens is 224 g/mol. The van der Waals surface area contributed by atoms with Crippen molar-refractivity contribution in [1.82, 2.24) is 0 Å². The van der Waals surface area contributed by atoms with Crippen molar-refractivity contribution >= 4 is 17.3 Å². The Labute approximate surface area is 101 Å². The Morgan fingerprint density at radius 2 is 2.31 bits per heavy atom. The third-order valence-electron chi connectivity index (χ3n) is 2.09. The first kappa shape index (κ1) is 12.8. The molecule has 3 nitrogen and oxygen atoms in total. The third kappa shape index (κ3) is 4.09. The van der Waals surface area contributed by atoms with Crippen molar-refractivity contribution in [2.24, 2.45) is 0 Å². The van der Waals surface area contributed by atoms with Crippen LogP contribution in [0, 0.1) is 11.3 Å². The van der Waals surface area contributed by atoms with E-state index >= 15 is 0 Å². The quantitative estimate of drug-likeness (QED) is 0.775. The molecule has 0 saturated heterocycles. The first-order valence-corrected chi connectivity index (χ1v) is 5.67. The highest BCUT2D eigenvalue weighted by molar-refractivity contribution is 6.30. The van der Waals surface area contributed by atoms with Crippen LogP contribution in [0.1, 0.15) is 18.9 Å². The van der Waals surface area contributed by atoms with Gasteiger partial charge in [-0.25, -0.2) is 0 Å². The molecule has 0 aliphatic rings. The van der Waals surface area contributed by atoms with E-state index in [4.69, 9.17) is 21.6 Å². The topological polar surface area (TPSA) is 45.0 Å². The lowest BCUT2D eigenvalue weighted by Gasteiger charge is -2.08. The van der Waals surface area contributed by atoms with Gasteiger partial charge in [-0.3, -0.25) is 0 Å². The molecule has 0 amide bonds. The lowest BCUT2D eigenvalue weighted by atomic mass is 10.2. The Morgan fingerprint density at radius 3 is 3.00 bits per heavy atom. The molecule has 1 aromatic rings. The van der Waals surface area contributed by atoms with Crippen LogP contribution in [0.5, 0.6) is 0 Å². The van der Waals surface area contributed by atoms with Gasteiger partial charge in [-0.15, -0.1) is 0 Å². The van der Waals surface area contributed by atoms with E-state index in [9.17, 15) is 0 Å². The summed E-state index contributed by atoms with van der Waals surface area (Å²) in [7, 11) is 0. The summed E-state index contributed by atoms with van der Waals surface area (Å²) in [5.74, 6) is 0.